The van der Waals surface area contributed by atoms with Gasteiger partial charge in [0, 0.05) is 24.5 Å². The number of rotatable bonds is 5. The van der Waals surface area contributed by atoms with Crippen molar-refractivity contribution >= 4 is 15.7 Å². The molecule has 1 aromatic heterocycles. The minimum absolute atomic E-state index is 0.0518. The number of hydrogen-bond acceptors (Lipinski definition) is 5. The van der Waals surface area contributed by atoms with Gasteiger partial charge in [0.05, 0.1) is 10.6 Å². The molecule has 0 amide bonds. The Balaban J connectivity index is 2.22. The van der Waals surface area contributed by atoms with Gasteiger partial charge < -0.3 is 15.5 Å². The SMILES string of the molecule is Cc1nccn1CCS(=O)(=O)c1cccc(/C(N)=N/O)c1. The number of hydrogen-bond donors (Lipinski definition) is 2. The molecule has 0 spiro atoms. The van der Waals surface area contributed by atoms with E-state index in [9.17, 15) is 8.42 Å². The van der Waals surface area contributed by atoms with E-state index in [0.717, 1.165) is 5.82 Å². The quantitative estimate of drug-likeness (QED) is 0.367. The van der Waals surface area contributed by atoms with Gasteiger partial charge in [-0.05, 0) is 19.1 Å². The molecule has 21 heavy (non-hydrogen) atoms. The van der Waals surface area contributed by atoms with E-state index >= 15 is 0 Å². The summed E-state index contributed by atoms with van der Waals surface area (Å²) in [6, 6.07) is 6.02. The number of nitrogens with zero attached hydrogens (tertiary/aromatic N) is 3. The lowest BCUT2D eigenvalue weighted by molar-refractivity contribution is 0.318. The van der Waals surface area contributed by atoms with Crippen LogP contribution in [0.25, 0.3) is 0 Å². The van der Waals surface area contributed by atoms with Crippen LogP contribution in [0.3, 0.4) is 0 Å². The van der Waals surface area contributed by atoms with Gasteiger partial charge in [0.25, 0.3) is 0 Å². The number of amidine groups is 1. The molecule has 0 saturated carbocycles. The second kappa shape index (κ2) is 5.96. The van der Waals surface area contributed by atoms with Crippen molar-refractivity contribution in [2.24, 2.45) is 10.9 Å². The third-order valence-corrected chi connectivity index (χ3v) is 4.81. The van der Waals surface area contributed by atoms with Crippen molar-refractivity contribution in [1.29, 1.82) is 0 Å². The summed E-state index contributed by atoms with van der Waals surface area (Å²) in [6.07, 6.45) is 3.36. The molecule has 0 radical (unpaired) electrons. The Morgan fingerprint density at radius 3 is 2.86 bits per heavy atom. The van der Waals surface area contributed by atoms with Gasteiger partial charge in [0.1, 0.15) is 5.82 Å². The molecule has 0 unspecified atom stereocenters. The zero-order chi connectivity index (χ0) is 15.5. The summed E-state index contributed by atoms with van der Waals surface area (Å²) < 4.78 is 26.4. The Morgan fingerprint density at radius 2 is 2.24 bits per heavy atom. The Hall–Kier alpha value is -2.35. The minimum atomic E-state index is -3.46. The molecule has 0 saturated heterocycles. The largest absolute Gasteiger partial charge is 0.409 e. The van der Waals surface area contributed by atoms with Crippen molar-refractivity contribution in [2.75, 3.05) is 5.75 Å². The van der Waals surface area contributed by atoms with Gasteiger partial charge in [0.15, 0.2) is 15.7 Å². The average Bonchev–Trinajstić information content (AvgIpc) is 2.90. The number of imidazole rings is 1. The Kier molecular flexibility index (Phi) is 4.27. The first kappa shape index (κ1) is 15.0. The molecule has 0 aliphatic rings. The standard InChI is InChI=1S/C13H16N4O3S/c1-10-15-5-6-17(10)7-8-21(19,20)12-4-2-3-11(9-12)13(14)16-18/h2-6,9,18H,7-8H2,1H3,(H2,14,16). The molecular weight excluding hydrogens is 292 g/mol. The van der Waals surface area contributed by atoms with Crippen molar-refractivity contribution in [3.05, 3.63) is 48.0 Å². The van der Waals surface area contributed by atoms with Crippen LogP contribution in [0.2, 0.25) is 0 Å². The van der Waals surface area contributed by atoms with E-state index in [0.29, 0.717) is 12.1 Å². The van der Waals surface area contributed by atoms with E-state index in [1.807, 2.05) is 6.92 Å². The van der Waals surface area contributed by atoms with Crippen molar-refractivity contribution in [3.63, 3.8) is 0 Å². The van der Waals surface area contributed by atoms with E-state index in [1.165, 1.54) is 12.1 Å². The maximum atomic E-state index is 12.3. The van der Waals surface area contributed by atoms with Crippen molar-refractivity contribution < 1.29 is 13.6 Å². The first-order valence-corrected chi connectivity index (χ1v) is 7.88. The third kappa shape index (κ3) is 3.40. The molecule has 112 valence electrons. The molecule has 7 nitrogen and oxygen atoms in total. The highest BCUT2D eigenvalue weighted by Gasteiger charge is 2.16. The van der Waals surface area contributed by atoms with E-state index < -0.39 is 9.84 Å². The van der Waals surface area contributed by atoms with Crippen molar-refractivity contribution in [3.8, 4) is 0 Å². The zero-order valence-electron chi connectivity index (χ0n) is 11.5. The summed E-state index contributed by atoms with van der Waals surface area (Å²) in [5.74, 6) is 0.581. The Labute approximate surface area is 122 Å². The third-order valence-electron chi connectivity index (χ3n) is 3.12. The van der Waals surface area contributed by atoms with E-state index in [1.54, 1.807) is 29.1 Å². The minimum Gasteiger partial charge on any atom is -0.409 e. The predicted molar refractivity (Wildman–Crippen MR) is 78.0 cm³/mol. The van der Waals surface area contributed by atoms with Gasteiger partial charge in [-0.3, -0.25) is 0 Å². The maximum absolute atomic E-state index is 12.3. The highest BCUT2D eigenvalue weighted by molar-refractivity contribution is 7.91. The van der Waals surface area contributed by atoms with Gasteiger partial charge in [-0.1, -0.05) is 17.3 Å². The number of aryl methyl sites for hydroxylation is 2. The first-order valence-electron chi connectivity index (χ1n) is 6.22. The van der Waals surface area contributed by atoms with E-state index in [4.69, 9.17) is 10.9 Å². The highest BCUT2D eigenvalue weighted by atomic mass is 32.2. The van der Waals surface area contributed by atoms with Crippen LogP contribution in [-0.4, -0.2) is 34.8 Å². The maximum Gasteiger partial charge on any atom is 0.180 e. The molecule has 3 N–H and O–H groups in total. The molecule has 0 aliphatic carbocycles. The molecule has 0 atom stereocenters. The molecule has 8 heteroatoms. The van der Waals surface area contributed by atoms with Gasteiger partial charge >= 0.3 is 0 Å². The molecule has 0 aliphatic heterocycles. The number of nitrogens with two attached hydrogens (primary N) is 1. The first-order chi connectivity index (χ1) is 9.94. The molecule has 1 aromatic carbocycles. The summed E-state index contributed by atoms with van der Waals surface area (Å²) in [5.41, 5.74) is 5.83. The zero-order valence-corrected chi connectivity index (χ0v) is 12.3. The summed E-state index contributed by atoms with van der Waals surface area (Å²) in [4.78, 5) is 4.19. The van der Waals surface area contributed by atoms with Gasteiger partial charge in [-0.15, -0.1) is 0 Å². The summed E-state index contributed by atoms with van der Waals surface area (Å²) >= 11 is 0. The molecule has 1 heterocycles. The highest BCUT2D eigenvalue weighted by Crippen LogP contribution is 2.14. The monoisotopic (exact) mass is 308 g/mol. The summed E-state index contributed by atoms with van der Waals surface area (Å²) in [6.45, 7) is 2.13. The van der Waals surface area contributed by atoms with Gasteiger partial charge in [-0.25, -0.2) is 13.4 Å². The molecule has 2 rings (SSSR count). The van der Waals surface area contributed by atoms with Crippen LogP contribution in [0.15, 0.2) is 46.7 Å². The number of oxime groups is 1. The van der Waals surface area contributed by atoms with Crippen LogP contribution in [0.1, 0.15) is 11.4 Å². The average molecular weight is 308 g/mol. The van der Waals surface area contributed by atoms with Gasteiger partial charge in [-0.2, -0.15) is 0 Å². The molecule has 0 fully saturated rings. The molecular formula is C13H16N4O3S. The van der Waals surface area contributed by atoms with Crippen molar-refractivity contribution in [1.82, 2.24) is 9.55 Å². The second-order valence-corrected chi connectivity index (χ2v) is 6.61. The second-order valence-electron chi connectivity index (χ2n) is 4.50. The molecule has 0 bridgehead atoms. The fraction of sp³-hybridized carbons (Fsp3) is 0.231. The normalized spacial score (nSPS) is 12.5. The smallest absolute Gasteiger partial charge is 0.180 e. The summed E-state index contributed by atoms with van der Waals surface area (Å²) in [5, 5.41) is 11.5. The van der Waals surface area contributed by atoms with Crippen LogP contribution < -0.4 is 5.73 Å². The van der Waals surface area contributed by atoms with Crippen LogP contribution in [0.4, 0.5) is 0 Å². The fourth-order valence-electron chi connectivity index (χ4n) is 1.88. The van der Waals surface area contributed by atoms with Gasteiger partial charge in [0.2, 0.25) is 0 Å². The fourth-order valence-corrected chi connectivity index (χ4v) is 3.15. The number of sulfone groups is 1. The lowest BCUT2D eigenvalue weighted by Gasteiger charge is -2.08. The van der Waals surface area contributed by atoms with Crippen molar-refractivity contribution in [2.45, 2.75) is 18.4 Å². The van der Waals surface area contributed by atoms with Crippen LogP contribution in [-0.2, 0) is 16.4 Å². The lowest BCUT2D eigenvalue weighted by Crippen LogP contribution is -2.16. The number of aromatic nitrogens is 2. The van der Waals surface area contributed by atoms with E-state index in [2.05, 4.69) is 10.1 Å². The number of benzene rings is 1. The molecule has 2 aromatic rings. The Morgan fingerprint density at radius 1 is 1.48 bits per heavy atom. The van der Waals surface area contributed by atoms with E-state index in [-0.39, 0.29) is 16.5 Å². The predicted octanol–water partition coefficient (Wildman–Crippen LogP) is 0.760. The Bertz CT molecular complexity index is 765. The van der Waals surface area contributed by atoms with Crippen LogP contribution in [0.5, 0.6) is 0 Å². The lowest BCUT2D eigenvalue weighted by atomic mass is 10.2. The van der Waals surface area contributed by atoms with Crippen LogP contribution >= 0.6 is 0 Å². The van der Waals surface area contributed by atoms with Crippen LogP contribution in [0, 0.1) is 6.92 Å². The topological polar surface area (TPSA) is 111 Å². The summed E-state index contributed by atoms with van der Waals surface area (Å²) in [7, 11) is -3.46.